The van der Waals surface area contributed by atoms with Crippen LogP contribution < -0.4 is 10.6 Å². The molecule has 2 amide bonds. The highest BCUT2D eigenvalue weighted by Gasteiger charge is 2.23. The molecule has 8 nitrogen and oxygen atoms in total. The van der Waals surface area contributed by atoms with Gasteiger partial charge < -0.3 is 25.2 Å². The smallest absolute Gasteiger partial charge is 0.326 e. The van der Waals surface area contributed by atoms with Crippen LogP contribution >= 0.6 is 0 Å². The molecular formula is C13H24N2O6. The van der Waals surface area contributed by atoms with Gasteiger partial charge in [0.2, 0.25) is 0 Å². The molecule has 0 radical (unpaired) electrons. The first kappa shape index (κ1) is 19.2. The number of aliphatic carboxylic acids is 1. The van der Waals surface area contributed by atoms with Gasteiger partial charge in [-0.15, -0.1) is 0 Å². The Labute approximate surface area is 124 Å². The standard InChI is InChI=1S/C13H24N2O6/c1-13(2,3)21-10(16)6-5-9(11(17)18)15-12(19)14-7-8-20-4/h9H,5-8H2,1-4H3,(H,17,18)(H2,14,15,19)/t9-/m1/s1. The first-order valence-electron chi connectivity index (χ1n) is 6.63. The van der Waals surface area contributed by atoms with Gasteiger partial charge in [0.1, 0.15) is 11.6 Å². The monoisotopic (exact) mass is 304 g/mol. The summed E-state index contributed by atoms with van der Waals surface area (Å²) in [5, 5.41) is 13.7. The maximum atomic E-state index is 11.5. The maximum Gasteiger partial charge on any atom is 0.326 e. The lowest BCUT2D eigenvalue weighted by Crippen LogP contribution is -2.47. The van der Waals surface area contributed by atoms with Crippen molar-refractivity contribution < 1.29 is 29.0 Å². The predicted molar refractivity (Wildman–Crippen MR) is 74.9 cm³/mol. The Balaban J connectivity index is 4.22. The minimum atomic E-state index is -1.21. The number of amides is 2. The Morgan fingerprint density at radius 2 is 1.86 bits per heavy atom. The van der Waals surface area contributed by atoms with E-state index in [0.717, 1.165) is 0 Å². The summed E-state index contributed by atoms with van der Waals surface area (Å²) in [4.78, 5) is 34.0. The second-order valence-corrected chi connectivity index (χ2v) is 5.41. The molecule has 0 saturated carbocycles. The van der Waals surface area contributed by atoms with Crippen molar-refractivity contribution in [1.82, 2.24) is 10.6 Å². The molecule has 0 aliphatic carbocycles. The number of carbonyl (C=O) groups excluding carboxylic acids is 2. The van der Waals surface area contributed by atoms with Crippen LogP contribution in [0.5, 0.6) is 0 Å². The molecule has 0 heterocycles. The summed E-state index contributed by atoms with van der Waals surface area (Å²) in [6.07, 6.45) is -0.130. The lowest BCUT2D eigenvalue weighted by molar-refractivity contribution is -0.155. The summed E-state index contributed by atoms with van der Waals surface area (Å²) in [6.45, 7) is 5.76. The third-order valence-corrected chi connectivity index (χ3v) is 2.25. The van der Waals surface area contributed by atoms with Crippen molar-refractivity contribution in [2.75, 3.05) is 20.3 Å². The third kappa shape index (κ3) is 10.6. The van der Waals surface area contributed by atoms with Gasteiger partial charge in [-0.2, -0.15) is 0 Å². The molecule has 0 aliphatic rings. The molecule has 0 rings (SSSR count). The van der Waals surface area contributed by atoms with Crippen LogP contribution in [0.25, 0.3) is 0 Å². The Morgan fingerprint density at radius 3 is 2.33 bits per heavy atom. The summed E-state index contributed by atoms with van der Waals surface area (Å²) in [7, 11) is 1.49. The van der Waals surface area contributed by atoms with Crippen LogP contribution in [0.4, 0.5) is 4.79 Å². The number of carboxylic acids is 1. The molecular weight excluding hydrogens is 280 g/mol. The Kier molecular flexibility index (Phi) is 8.37. The van der Waals surface area contributed by atoms with E-state index in [2.05, 4.69) is 10.6 Å². The van der Waals surface area contributed by atoms with E-state index in [-0.39, 0.29) is 19.4 Å². The first-order valence-corrected chi connectivity index (χ1v) is 6.63. The van der Waals surface area contributed by atoms with Crippen LogP contribution in [0.2, 0.25) is 0 Å². The number of methoxy groups -OCH3 is 1. The minimum Gasteiger partial charge on any atom is -0.480 e. The van der Waals surface area contributed by atoms with Gasteiger partial charge in [0.15, 0.2) is 0 Å². The predicted octanol–water partition coefficient (Wildman–Crippen LogP) is 0.507. The van der Waals surface area contributed by atoms with Gasteiger partial charge in [-0.3, -0.25) is 4.79 Å². The van der Waals surface area contributed by atoms with E-state index in [9.17, 15) is 14.4 Å². The van der Waals surface area contributed by atoms with E-state index in [1.54, 1.807) is 20.8 Å². The second kappa shape index (κ2) is 9.17. The molecule has 0 unspecified atom stereocenters. The van der Waals surface area contributed by atoms with Crippen molar-refractivity contribution in [3.05, 3.63) is 0 Å². The van der Waals surface area contributed by atoms with Crippen molar-refractivity contribution in [1.29, 1.82) is 0 Å². The fourth-order valence-corrected chi connectivity index (χ4v) is 1.39. The van der Waals surface area contributed by atoms with E-state index in [1.807, 2.05) is 0 Å². The molecule has 0 aromatic carbocycles. The number of hydrogen-bond donors (Lipinski definition) is 3. The highest BCUT2D eigenvalue weighted by Crippen LogP contribution is 2.10. The Bertz CT molecular complexity index is 364. The SMILES string of the molecule is COCCNC(=O)N[C@H](CCC(=O)OC(C)(C)C)C(=O)O. The number of rotatable bonds is 8. The van der Waals surface area contributed by atoms with Crippen LogP contribution in [-0.4, -0.2) is 55.0 Å². The zero-order chi connectivity index (χ0) is 16.5. The molecule has 0 bridgehead atoms. The molecule has 1 atom stereocenters. The molecule has 21 heavy (non-hydrogen) atoms. The van der Waals surface area contributed by atoms with E-state index in [1.165, 1.54) is 7.11 Å². The molecule has 0 spiro atoms. The van der Waals surface area contributed by atoms with Crippen LogP contribution in [-0.2, 0) is 19.1 Å². The molecule has 122 valence electrons. The number of carbonyl (C=O) groups is 3. The van der Waals surface area contributed by atoms with Gasteiger partial charge in [0.05, 0.1) is 6.61 Å². The summed E-state index contributed by atoms with van der Waals surface area (Å²) in [6, 6.07) is -1.77. The Hall–Kier alpha value is -1.83. The van der Waals surface area contributed by atoms with Gasteiger partial charge in [0, 0.05) is 20.1 Å². The second-order valence-electron chi connectivity index (χ2n) is 5.41. The van der Waals surface area contributed by atoms with E-state index in [4.69, 9.17) is 14.6 Å². The maximum absolute atomic E-state index is 11.5. The number of nitrogens with one attached hydrogen (secondary N) is 2. The minimum absolute atomic E-state index is 0.0397. The third-order valence-electron chi connectivity index (χ3n) is 2.25. The van der Waals surface area contributed by atoms with Crippen molar-refractivity contribution in [3.8, 4) is 0 Å². The number of urea groups is 1. The number of esters is 1. The number of hydrogen-bond acceptors (Lipinski definition) is 5. The zero-order valence-corrected chi connectivity index (χ0v) is 12.9. The van der Waals surface area contributed by atoms with Crippen molar-refractivity contribution >= 4 is 18.0 Å². The number of carboxylic acid groups (broad SMARTS) is 1. The lowest BCUT2D eigenvalue weighted by Gasteiger charge is -2.20. The van der Waals surface area contributed by atoms with Crippen LogP contribution in [0.3, 0.4) is 0 Å². The molecule has 3 N–H and O–H groups in total. The van der Waals surface area contributed by atoms with Gasteiger partial charge in [-0.1, -0.05) is 0 Å². The fraction of sp³-hybridized carbons (Fsp3) is 0.769. The van der Waals surface area contributed by atoms with E-state index < -0.39 is 29.6 Å². The first-order chi connectivity index (χ1) is 9.65. The topological polar surface area (TPSA) is 114 Å². The largest absolute Gasteiger partial charge is 0.480 e. The molecule has 0 saturated heterocycles. The van der Waals surface area contributed by atoms with E-state index >= 15 is 0 Å². The molecule has 0 fully saturated rings. The highest BCUT2D eigenvalue weighted by molar-refractivity contribution is 5.83. The van der Waals surface area contributed by atoms with Gasteiger partial charge >= 0.3 is 18.0 Å². The number of ether oxygens (including phenoxy) is 2. The van der Waals surface area contributed by atoms with Crippen LogP contribution in [0.15, 0.2) is 0 Å². The van der Waals surface area contributed by atoms with Gasteiger partial charge in [0.25, 0.3) is 0 Å². The molecule has 0 aliphatic heterocycles. The summed E-state index contributed by atoms with van der Waals surface area (Å²) in [5.74, 6) is -1.71. The lowest BCUT2D eigenvalue weighted by atomic mass is 10.1. The molecule has 8 heteroatoms. The zero-order valence-electron chi connectivity index (χ0n) is 12.9. The normalized spacial score (nSPS) is 12.4. The quantitative estimate of drug-likeness (QED) is 0.444. The summed E-state index contributed by atoms with van der Waals surface area (Å²) < 4.78 is 9.83. The van der Waals surface area contributed by atoms with Gasteiger partial charge in [-0.25, -0.2) is 9.59 Å². The fourth-order valence-electron chi connectivity index (χ4n) is 1.39. The average Bonchev–Trinajstić information content (AvgIpc) is 2.32. The van der Waals surface area contributed by atoms with E-state index in [0.29, 0.717) is 6.61 Å². The van der Waals surface area contributed by atoms with Crippen molar-refractivity contribution in [2.45, 2.75) is 45.3 Å². The van der Waals surface area contributed by atoms with Crippen molar-refractivity contribution in [2.24, 2.45) is 0 Å². The van der Waals surface area contributed by atoms with Crippen molar-refractivity contribution in [3.63, 3.8) is 0 Å². The summed E-state index contributed by atoms with van der Waals surface area (Å²) in [5.41, 5.74) is -0.624. The molecule has 0 aromatic heterocycles. The summed E-state index contributed by atoms with van der Waals surface area (Å²) >= 11 is 0. The van der Waals surface area contributed by atoms with Crippen LogP contribution in [0.1, 0.15) is 33.6 Å². The Morgan fingerprint density at radius 1 is 1.24 bits per heavy atom. The average molecular weight is 304 g/mol. The van der Waals surface area contributed by atoms with Gasteiger partial charge in [-0.05, 0) is 27.2 Å². The van der Waals surface area contributed by atoms with Crippen LogP contribution in [0, 0.1) is 0 Å². The molecule has 0 aromatic rings. The highest BCUT2D eigenvalue weighted by atomic mass is 16.6.